The molecule has 2 heterocycles. The smallest absolute Gasteiger partial charge is 0.307 e. The van der Waals surface area contributed by atoms with Crippen LogP contribution in [0.1, 0.15) is 105 Å². The van der Waals surface area contributed by atoms with Crippen molar-refractivity contribution in [3.8, 4) is 11.3 Å². The number of aromatic nitrogens is 1. The third-order valence-electron chi connectivity index (χ3n) is 8.87. The van der Waals surface area contributed by atoms with E-state index in [1.54, 1.807) is 36.2 Å². The van der Waals surface area contributed by atoms with Gasteiger partial charge < -0.3 is 20.3 Å². The first-order valence-corrected chi connectivity index (χ1v) is 19.3. The molecule has 0 unspecified atom stereocenters. The number of esters is 1. The molecule has 1 aliphatic rings. The van der Waals surface area contributed by atoms with Gasteiger partial charge in [-0.15, -0.1) is 0 Å². The van der Waals surface area contributed by atoms with E-state index >= 15 is 0 Å². The van der Waals surface area contributed by atoms with Gasteiger partial charge in [0.15, 0.2) is 0 Å². The number of carbonyl (C=O) groups is 3. The van der Waals surface area contributed by atoms with Crippen LogP contribution in [0.2, 0.25) is 0 Å². The Morgan fingerprint density at radius 1 is 0.808 bits per heavy atom. The van der Waals surface area contributed by atoms with Gasteiger partial charge in [-0.3, -0.25) is 19.4 Å². The molecule has 8 nitrogen and oxygen atoms in total. The summed E-state index contributed by atoms with van der Waals surface area (Å²) >= 11 is 1.63. The molecule has 0 aliphatic carbocycles. The predicted octanol–water partition coefficient (Wildman–Crippen LogP) is 9.18. The van der Waals surface area contributed by atoms with Crippen LogP contribution < -0.4 is 15.5 Å². The summed E-state index contributed by atoms with van der Waals surface area (Å²) in [7, 11) is 0. The number of hydrogen-bond acceptors (Lipinski definition) is 7. The Balaban J connectivity index is 1.31. The Kier molecular flexibility index (Phi) is 12.8. The van der Waals surface area contributed by atoms with Crippen LogP contribution in [0, 0.1) is 0 Å². The molecule has 0 atom stereocenters. The summed E-state index contributed by atoms with van der Waals surface area (Å²) < 4.78 is 5.41. The number of pyridine rings is 1. The summed E-state index contributed by atoms with van der Waals surface area (Å²) in [5, 5.41) is 6.18. The maximum atomic E-state index is 13.7. The van der Waals surface area contributed by atoms with Gasteiger partial charge in [0.1, 0.15) is 5.60 Å². The van der Waals surface area contributed by atoms with Crippen LogP contribution in [0.25, 0.3) is 11.3 Å². The van der Waals surface area contributed by atoms with Crippen LogP contribution in [0.4, 0.5) is 11.4 Å². The SMILES string of the molecule is CC(C)(C)OC(=O)CCSCc1cccc(C(=O)Nc2ccc(N3CCCCC3)cc2-c2cc(C(=O)NCc3ccc(C(C)(C)C)cc3)ccn2)c1. The Labute approximate surface area is 313 Å². The summed E-state index contributed by atoms with van der Waals surface area (Å²) in [5.74, 6) is 0.659. The second kappa shape index (κ2) is 17.3. The Morgan fingerprint density at radius 3 is 2.25 bits per heavy atom. The summed E-state index contributed by atoms with van der Waals surface area (Å²) in [6, 6.07) is 25.4. The molecule has 1 aliphatic heterocycles. The number of nitrogens with zero attached hydrogens (tertiary/aromatic N) is 2. The predicted molar refractivity (Wildman–Crippen MR) is 213 cm³/mol. The van der Waals surface area contributed by atoms with Gasteiger partial charge in [-0.2, -0.15) is 11.8 Å². The van der Waals surface area contributed by atoms with Gasteiger partial charge in [-0.1, -0.05) is 57.2 Å². The Bertz CT molecular complexity index is 1850. The molecular formula is C43H52N4O4S. The number of benzene rings is 3. The quantitative estimate of drug-likeness (QED) is 0.111. The first-order valence-electron chi connectivity index (χ1n) is 18.2. The van der Waals surface area contributed by atoms with Crippen LogP contribution in [0.5, 0.6) is 0 Å². The van der Waals surface area contributed by atoms with E-state index in [1.165, 1.54) is 12.0 Å². The second-order valence-electron chi connectivity index (χ2n) is 15.4. The molecule has 1 fully saturated rings. The fraction of sp³-hybridized carbons (Fsp3) is 0.395. The summed E-state index contributed by atoms with van der Waals surface area (Å²) in [5.41, 5.74) is 6.89. The topological polar surface area (TPSA) is 101 Å². The maximum absolute atomic E-state index is 13.7. The van der Waals surface area contributed by atoms with Crippen molar-refractivity contribution >= 4 is 40.9 Å². The third kappa shape index (κ3) is 11.2. The highest BCUT2D eigenvalue weighted by Gasteiger charge is 2.19. The van der Waals surface area contributed by atoms with Crippen molar-refractivity contribution in [2.45, 2.75) is 90.5 Å². The van der Waals surface area contributed by atoms with Gasteiger partial charge in [-0.05, 0) is 105 Å². The molecule has 0 spiro atoms. The zero-order valence-electron chi connectivity index (χ0n) is 31.4. The monoisotopic (exact) mass is 720 g/mol. The van der Waals surface area contributed by atoms with Crippen LogP contribution in [-0.4, -0.2) is 47.2 Å². The molecule has 9 heteroatoms. The van der Waals surface area contributed by atoms with Crippen molar-refractivity contribution < 1.29 is 19.1 Å². The van der Waals surface area contributed by atoms with Gasteiger partial charge in [0, 0.05) is 59.7 Å². The van der Waals surface area contributed by atoms with Gasteiger partial charge in [0.05, 0.1) is 17.8 Å². The minimum Gasteiger partial charge on any atom is -0.460 e. The number of piperidine rings is 1. The number of rotatable bonds is 12. The normalized spacial score (nSPS) is 13.4. The molecule has 3 aromatic carbocycles. The van der Waals surface area contributed by atoms with Gasteiger partial charge in [0.2, 0.25) is 0 Å². The standard InChI is InChI=1S/C43H52N4O4S/c1-42(2,3)34-15-13-30(14-16-34)28-45-40(49)33-19-21-44-38(26-33)36-27-35(47-22-8-7-9-23-47)17-18-37(36)46-41(50)32-12-10-11-31(25-32)29-52-24-20-39(48)51-43(4,5)6/h10-19,21,25-27H,7-9,20,22-24,28-29H2,1-6H3,(H,45,49)(H,46,50). The fourth-order valence-electron chi connectivity index (χ4n) is 6.06. The lowest BCUT2D eigenvalue weighted by molar-refractivity contribution is -0.154. The van der Waals surface area contributed by atoms with E-state index in [1.807, 2.05) is 51.1 Å². The number of nitrogens with one attached hydrogen (secondary N) is 2. The molecule has 0 bridgehead atoms. The number of anilines is 2. The van der Waals surface area contributed by atoms with E-state index in [0.717, 1.165) is 48.3 Å². The van der Waals surface area contributed by atoms with E-state index in [2.05, 4.69) is 71.6 Å². The Morgan fingerprint density at radius 2 is 1.54 bits per heavy atom. The minimum absolute atomic E-state index is 0.0631. The summed E-state index contributed by atoms with van der Waals surface area (Å²) in [4.78, 5) is 46.2. The zero-order chi connectivity index (χ0) is 37.3. The lowest BCUT2D eigenvalue weighted by Gasteiger charge is -2.29. The van der Waals surface area contributed by atoms with E-state index in [4.69, 9.17) is 4.74 Å². The lowest BCUT2D eigenvalue weighted by Crippen LogP contribution is -2.29. The fourth-order valence-corrected chi connectivity index (χ4v) is 6.93. The number of thioether (sulfide) groups is 1. The summed E-state index contributed by atoms with van der Waals surface area (Å²) in [6.45, 7) is 14.5. The van der Waals surface area contributed by atoms with Crippen molar-refractivity contribution in [3.05, 3.63) is 113 Å². The molecule has 2 amide bonds. The van der Waals surface area contributed by atoms with E-state index < -0.39 is 5.60 Å². The van der Waals surface area contributed by atoms with E-state index in [9.17, 15) is 14.4 Å². The van der Waals surface area contributed by atoms with Crippen molar-refractivity contribution in [2.75, 3.05) is 29.1 Å². The maximum Gasteiger partial charge on any atom is 0.307 e. The highest BCUT2D eigenvalue weighted by molar-refractivity contribution is 7.98. The average Bonchev–Trinajstić information content (AvgIpc) is 3.12. The van der Waals surface area contributed by atoms with Crippen LogP contribution in [-0.2, 0) is 27.2 Å². The van der Waals surface area contributed by atoms with Crippen molar-refractivity contribution in [3.63, 3.8) is 0 Å². The highest BCUT2D eigenvalue weighted by atomic mass is 32.2. The Hall–Kier alpha value is -4.63. The molecule has 0 saturated carbocycles. The van der Waals surface area contributed by atoms with Crippen molar-refractivity contribution in [2.24, 2.45) is 0 Å². The van der Waals surface area contributed by atoms with Crippen molar-refractivity contribution in [1.29, 1.82) is 0 Å². The molecule has 5 rings (SSSR count). The minimum atomic E-state index is -0.496. The molecule has 1 saturated heterocycles. The number of amides is 2. The first kappa shape index (κ1) is 38.6. The summed E-state index contributed by atoms with van der Waals surface area (Å²) in [6.07, 6.45) is 5.47. The van der Waals surface area contributed by atoms with Gasteiger partial charge in [0.25, 0.3) is 11.8 Å². The van der Waals surface area contributed by atoms with Crippen LogP contribution in [0.15, 0.2) is 85.1 Å². The number of ether oxygens (including phenoxy) is 1. The largest absolute Gasteiger partial charge is 0.460 e. The van der Waals surface area contributed by atoms with Crippen LogP contribution >= 0.6 is 11.8 Å². The molecule has 1 aromatic heterocycles. The number of hydrogen-bond donors (Lipinski definition) is 2. The molecular weight excluding hydrogens is 669 g/mol. The van der Waals surface area contributed by atoms with E-state index in [-0.39, 0.29) is 23.2 Å². The first-order chi connectivity index (χ1) is 24.7. The van der Waals surface area contributed by atoms with Gasteiger partial charge in [-0.25, -0.2) is 0 Å². The molecule has 52 heavy (non-hydrogen) atoms. The molecule has 4 aromatic rings. The zero-order valence-corrected chi connectivity index (χ0v) is 32.2. The molecule has 2 N–H and O–H groups in total. The molecule has 0 radical (unpaired) electrons. The van der Waals surface area contributed by atoms with Crippen LogP contribution in [0.3, 0.4) is 0 Å². The second-order valence-corrected chi connectivity index (χ2v) is 16.5. The van der Waals surface area contributed by atoms with E-state index in [0.29, 0.717) is 47.0 Å². The van der Waals surface area contributed by atoms with Gasteiger partial charge >= 0.3 is 5.97 Å². The highest BCUT2D eigenvalue weighted by Crippen LogP contribution is 2.33. The van der Waals surface area contributed by atoms with Crippen molar-refractivity contribution in [1.82, 2.24) is 10.3 Å². The lowest BCUT2D eigenvalue weighted by atomic mass is 9.87. The average molecular weight is 721 g/mol. The molecule has 274 valence electrons. The third-order valence-corrected chi connectivity index (χ3v) is 9.90. The number of carbonyl (C=O) groups excluding carboxylic acids is 3.